The number of anilines is 1. The molecule has 8 nitrogen and oxygen atoms in total. The first-order valence-corrected chi connectivity index (χ1v) is 10.9. The maximum absolute atomic E-state index is 12.7. The van der Waals surface area contributed by atoms with Gasteiger partial charge in [-0.25, -0.2) is 4.98 Å². The Morgan fingerprint density at radius 1 is 1.13 bits per heavy atom. The predicted molar refractivity (Wildman–Crippen MR) is 116 cm³/mol. The average Bonchev–Trinajstić information content (AvgIpc) is 3.33. The maximum atomic E-state index is 12.7. The zero-order valence-electron chi connectivity index (χ0n) is 16.0. The highest BCUT2D eigenvalue weighted by Gasteiger charge is 2.37. The zero-order valence-corrected chi connectivity index (χ0v) is 17.7. The second kappa shape index (κ2) is 7.29. The fourth-order valence-electron chi connectivity index (χ4n) is 3.40. The number of nitrogens with zero attached hydrogens (tertiary/aromatic N) is 4. The van der Waals surface area contributed by atoms with Crippen LogP contribution in [0.3, 0.4) is 0 Å². The Balaban J connectivity index is 1.58. The van der Waals surface area contributed by atoms with Crippen molar-refractivity contribution >= 4 is 45.0 Å². The van der Waals surface area contributed by atoms with Gasteiger partial charge in [-0.3, -0.25) is 9.69 Å². The summed E-state index contributed by atoms with van der Waals surface area (Å²) in [6, 6.07) is 10.7. The topological polar surface area (TPSA) is 97.7 Å². The van der Waals surface area contributed by atoms with Gasteiger partial charge in [-0.05, 0) is 35.9 Å². The van der Waals surface area contributed by atoms with Crippen LogP contribution in [0.1, 0.15) is 10.9 Å². The summed E-state index contributed by atoms with van der Waals surface area (Å²) in [6.07, 6.45) is 0. The highest BCUT2D eigenvalue weighted by Crippen LogP contribution is 2.46. The third-order valence-electron chi connectivity index (χ3n) is 4.87. The molecule has 30 heavy (non-hydrogen) atoms. The van der Waals surface area contributed by atoms with Gasteiger partial charge in [-0.15, -0.1) is 22.0 Å². The molecule has 0 aromatic heterocycles. The number of phenolic OH excluding ortho intramolecular Hbond substituents is 1. The van der Waals surface area contributed by atoms with Gasteiger partial charge in [0.2, 0.25) is 11.0 Å². The summed E-state index contributed by atoms with van der Waals surface area (Å²) >= 11 is 2.81. The van der Waals surface area contributed by atoms with Crippen molar-refractivity contribution in [2.24, 2.45) is 0 Å². The minimum absolute atomic E-state index is 0.0502. The van der Waals surface area contributed by atoms with Crippen LogP contribution in [0.2, 0.25) is 0 Å². The molecule has 0 aliphatic carbocycles. The van der Waals surface area contributed by atoms with Crippen LogP contribution in [0.15, 0.2) is 36.4 Å². The molecule has 3 aliphatic rings. The molecule has 3 heterocycles. The lowest BCUT2D eigenvalue weighted by Gasteiger charge is -2.22. The molecule has 2 aromatic rings. The van der Waals surface area contributed by atoms with E-state index in [1.54, 1.807) is 30.2 Å². The van der Waals surface area contributed by atoms with Crippen LogP contribution in [-0.2, 0) is 4.79 Å². The van der Waals surface area contributed by atoms with E-state index in [1.165, 1.54) is 30.2 Å². The normalized spacial score (nSPS) is 16.5. The fourth-order valence-corrected chi connectivity index (χ4v) is 5.56. The maximum Gasteiger partial charge on any atom is 0.240 e. The molecule has 1 atom stereocenters. The second-order valence-electron chi connectivity index (χ2n) is 6.59. The van der Waals surface area contributed by atoms with E-state index in [0.717, 1.165) is 22.2 Å². The molecule has 1 N–H and O–H groups in total. The Morgan fingerprint density at radius 3 is 2.80 bits per heavy atom. The molecular formula is C20H16N4O4S2. The number of benzene rings is 2. The summed E-state index contributed by atoms with van der Waals surface area (Å²) in [4.78, 5) is 19.0. The molecule has 152 valence electrons. The summed E-state index contributed by atoms with van der Waals surface area (Å²) in [5.41, 5.74) is 2.32. The van der Waals surface area contributed by atoms with Crippen molar-refractivity contribution < 1.29 is 19.4 Å². The van der Waals surface area contributed by atoms with Crippen LogP contribution < -0.4 is 14.4 Å². The van der Waals surface area contributed by atoms with E-state index < -0.39 is 0 Å². The number of hydrogen-bond donors (Lipinski definition) is 1. The molecule has 0 radical (unpaired) electrons. The van der Waals surface area contributed by atoms with Gasteiger partial charge in [0.25, 0.3) is 0 Å². The number of thioether (sulfide) groups is 1. The van der Waals surface area contributed by atoms with Gasteiger partial charge >= 0.3 is 0 Å². The van der Waals surface area contributed by atoms with Gasteiger partial charge in [0.15, 0.2) is 11.5 Å². The van der Waals surface area contributed by atoms with Crippen LogP contribution in [0.25, 0.3) is 21.6 Å². The van der Waals surface area contributed by atoms with Crippen molar-refractivity contribution in [2.45, 2.75) is 5.37 Å². The minimum Gasteiger partial charge on any atom is -0.504 e. The first-order valence-electron chi connectivity index (χ1n) is 9.00. The Labute approximate surface area is 179 Å². The number of fused-ring (bicyclic) bond motifs is 3. The number of phenols is 1. The van der Waals surface area contributed by atoms with Crippen molar-refractivity contribution in [3.8, 4) is 28.0 Å². The number of hydrogen-bond acceptors (Lipinski definition) is 9. The number of aromatic hydroxyl groups is 1. The van der Waals surface area contributed by atoms with Crippen molar-refractivity contribution in [2.75, 3.05) is 24.9 Å². The molecular weight excluding hydrogens is 424 g/mol. The van der Waals surface area contributed by atoms with E-state index in [0.29, 0.717) is 27.3 Å². The molecule has 2 aromatic carbocycles. The van der Waals surface area contributed by atoms with Crippen LogP contribution >= 0.6 is 23.1 Å². The third kappa shape index (κ3) is 2.99. The van der Waals surface area contributed by atoms with Crippen molar-refractivity contribution in [3.63, 3.8) is 0 Å². The molecule has 0 spiro atoms. The SMILES string of the molecule is COc1ccc2nc3sc(N4C(=O)CSC4c4ccc(O)c(OC)c4)nnc-3c2c1. The van der Waals surface area contributed by atoms with E-state index in [4.69, 9.17) is 9.47 Å². The van der Waals surface area contributed by atoms with E-state index in [-0.39, 0.29) is 17.0 Å². The van der Waals surface area contributed by atoms with Gasteiger partial charge in [0.1, 0.15) is 21.8 Å². The molecule has 5 rings (SSSR count). The van der Waals surface area contributed by atoms with Crippen molar-refractivity contribution in [1.82, 2.24) is 15.2 Å². The monoisotopic (exact) mass is 440 g/mol. The van der Waals surface area contributed by atoms with Gasteiger partial charge in [0.05, 0.1) is 25.5 Å². The number of aromatic nitrogens is 3. The molecule has 0 saturated carbocycles. The summed E-state index contributed by atoms with van der Waals surface area (Å²) < 4.78 is 10.5. The number of amides is 1. The Bertz CT molecular complexity index is 1240. The standard InChI is InChI=1S/C20H16N4O4S2/c1-27-11-4-5-13-12(8-11)17-18(21-13)30-20(23-22-17)24-16(26)9-29-19(24)10-3-6-14(25)15(7-10)28-2/h3-8,19,25H,9H2,1-2H3. The minimum atomic E-state index is -0.292. The van der Waals surface area contributed by atoms with Gasteiger partial charge < -0.3 is 14.6 Å². The first kappa shape index (κ1) is 18.9. The Morgan fingerprint density at radius 2 is 2.00 bits per heavy atom. The third-order valence-corrected chi connectivity index (χ3v) is 7.02. The number of carbonyl (C=O) groups excluding carboxylic acids is 1. The molecule has 1 fully saturated rings. The summed E-state index contributed by atoms with van der Waals surface area (Å²) in [6.45, 7) is 0. The number of methoxy groups -OCH3 is 2. The molecule has 1 amide bonds. The van der Waals surface area contributed by atoms with Gasteiger partial charge in [-0.2, -0.15) is 0 Å². The summed E-state index contributed by atoms with van der Waals surface area (Å²) in [5.74, 6) is 1.40. The predicted octanol–water partition coefficient (Wildman–Crippen LogP) is 3.69. The smallest absolute Gasteiger partial charge is 0.240 e. The Kier molecular flexibility index (Phi) is 4.59. The highest BCUT2D eigenvalue weighted by atomic mass is 32.2. The molecule has 1 unspecified atom stereocenters. The lowest BCUT2D eigenvalue weighted by atomic mass is 10.2. The number of rotatable bonds is 4. The van der Waals surface area contributed by atoms with Gasteiger partial charge in [0, 0.05) is 5.39 Å². The van der Waals surface area contributed by atoms with Crippen LogP contribution in [0.4, 0.5) is 5.13 Å². The largest absolute Gasteiger partial charge is 0.504 e. The Hall–Kier alpha value is -3.11. The fraction of sp³-hybridized carbons (Fsp3) is 0.200. The average molecular weight is 441 g/mol. The first-order chi connectivity index (χ1) is 14.6. The van der Waals surface area contributed by atoms with E-state index >= 15 is 0 Å². The second-order valence-corrected chi connectivity index (χ2v) is 8.62. The number of ether oxygens (including phenoxy) is 2. The quantitative estimate of drug-likeness (QED) is 0.513. The van der Waals surface area contributed by atoms with Crippen molar-refractivity contribution in [3.05, 3.63) is 42.0 Å². The molecule has 3 aliphatic heterocycles. The van der Waals surface area contributed by atoms with E-state index in [2.05, 4.69) is 15.2 Å². The highest BCUT2D eigenvalue weighted by molar-refractivity contribution is 8.00. The number of carbonyl (C=O) groups is 1. The summed E-state index contributed by atoms with van der Waals surface area (Å²) in [5, 5.41) is 20.4. The lowest BCUT2D eigenvalue weighted by molar-refractivity contribution is -0.115. The van der Waals surface area contributed by atoms with E-state index in [1.807, 2.05) is 18.2 Å². The van der Waals surface area contributed by atoms with Gasteiger partial charge in [-0.1, -0.05) is 17.4 Å². The van der Waals surface area contributed by atoms with Crippen LogP contribution in [-0.4, -0.2) is 46.2 Å². The molecule has 1 saturated heterocycles. The molecule has 10 heteroatoms. The molecule has 0 bridgehead atoms. The summed E-state index contributed by atoms with van der Waals surface area (Å²) in [7, 11) is 3.10. The lowest BCUT2D eigenvalue weighted by Crippen LogP contribution is -2.28. The van der Waals surface area contributed by atoms with Crippen LogP contribution in [0, 0.1) is 0 Å². The van der Waals surface area contributed by atoms with Crippen LogP contribution in [0.5, 0.6) is 17.2 Å². The zero-order chi connectivity index (χ0) is 20.8. The van der Waals surface area contributed by atoms with Crippen molar-refractivity contribution in [1.29, 1.82) is 0 Å². The van der Waals surface area contributed by atoms with E-state index in [9.17, 15) is 9.90 Å².